The third kappa shape index (κ3) is 6.32. The second-order valence-corrected chi connectivity index (χ2v) is 8.51. The number of rotatable bonds is 10. The molecule has 3 N–H and O–H groups in total. The van der Waals surface area contributed by atoms with E-state index in [2.05, 4.69) is 25.4 Å². The molecule has 4 aromatic rings. The Morgan fingerprint density at radius 3 is 2.53 bits per heavy atom. The molecule has 0 fully saturated rings. The Morgan fingerprint density at radius 1 is 1.05 bits per heavy atom. The zero-order chi connectivity index (χ0) is 27.4. The van der Waals surface area contributed by atoms with Crippen molar-refractivity contribution >= 4 is 11.6 Å². The number of aliphatic hydroxyl groups excluding tert-OH is 1. The van der Waals surface area contributed by atoms with E-state index in [9.17, 15) is 23.4 Å². The average Bonchev–Trinajstić information content (AvgIpc) is 3.39. The third-order valence-electron chi connectivity index (χ3n) is 5.39. The van der Waals surface area contributed by atoms with Gasteiger partial charge in [-0.3, -0.25) is 0 Å². The molecule has 0 amide bonds. The molecule has 1 unspecified atom stereocenters. The predicted molar refractivity (Wildman–Crippen MR) is 131 cm³/mol. The number of hydrogen-bond acceptors (Lipinski definition) is 9. The van der Waals surface area contributed by atoms with Crippen molar-refractivity contribution in [1.29, 1.82) is 0 Å². The molecule has 0 aliphatic carbocycles. The zero-order valence-corrected chi connectivity index (χ0v) is 20.8. The minimum absolute atomic E-state index is 0.0173. The van der Waals surface area contributed by atoms with E-state index in [1.807, 2.05) is 0 Å². The van der Waals surface area contributed by atoms with Gasteiger partial charge in [0.2, 0.25) is 5.88 Å². The van der Waals surface area contributed by atoms with E-state index >= 15 is 0 Å². The molecule has 38 heavy (non-hydrogen) atoms. The van der Waals surface area contributed by atoms with Gasteiger partial charge >= 0.3 is 6.18 Å². The lowest BCUT2D eigenvalue weighted by Gasteiger charge is -2.18. The first-order valence-corrected chi connectivity index (χ1v) is 11.5. The summed E-state index contributed by atoms with van der Waals surface area (Å²) in [7, 11) is 3.24. The summed E-state index contributed by atoms with van der Waals surface area (Å²) in [6, 6.07) is 3.18. The number of anilines is 2. The minimum atomic E-state index is -4.50. The molecule has 4 rings (SSSR count). The normalized spacial score (nSPS) is 12.4. The monoisotopic (exact) mass is 533 g/mol. The second kappa shape index (κ2) is 11.0. The summed E-state index contributed by atoms with van der Waals surface area (Å²) in [5.41, 5.74) is 1.11. The van der Waals surface area contributed by atoms with Gasteiger partial charge in [-0.25, -0.2) is 19.6 Å². The van der Waals surface area contributed by atoms with Crippen molar-refractivity contribution in [2.75, 3.05) is 18.5 Å². The number of alkyl halides is 3. The molecule has 0 aliphatic rings. The van der Waals surface area contributed by atoms with Crippen LogP contribution in [0.1, 0.15) is 13.3 Å². The van der Waals surface area contributed by atoms with Gasteiger partial charge in [-0.15, -0.1) is 0 Å². The quantitative estimate of drug-likeness (QED) is 0.278. The Bertz CT molecular complexity index is 1400. The molecular weight excluding hydrogens is 507 g/mol. The number of nitrogens with one attached hydrogen (secondary N) is 1. The second-order valence-electron chi connectivity index (χ2n) is 8.51. The standard InChI is InChI=1S/C24H26F3N7O4/c1-14(5-7-35)38-18-8-21(31-20-4-6-28-22(32-20)16-10-30-34(3)23(16)36)29-9-15(18)17-11-33(2)12-19(17)37-13-24(25,26)27/h4,6,8-12,14,35-36H,5,7,13H2,1-3H3,(H,28,29,31,32). The van der Waals surface area contributed by atoms with Crippen LogP contribution in [0.3, 0.4) is 0 Å². The van der Waals surface area contributed by atoms with Crippen molar-refractivity contribution in [3.8, 4) is 39.9 Å². The first-order valence-electron chi connectivity index (χ1n) is 11.5. The average molecular weight is 534 g/mol. The summed E-state index contributed by atoms with van der Waals surface area (Å²) < 4.78 is 52.4. The molecule has 4 heterocycles. The maximum atomic E-state index is 12.8. The van der Waals surface area contributed by atoms with Crippen LogP contribution in [0.2, 0.25) is 0 Å². The van der Waals surface area contributed by atoms with Crippen molar-refractivity contribution in [3.63, 3.8) is 0 Å². The lowest BCUT2D eigenvalue weighted by atomic mass is 10.1. The van der Waals surface area contributed by atoms with Gasteiger partial charge < -0.3 is 29.6 Å². The molecule has 0 spiro atoms. The Morgan fingerprint density at radius 2 is 1.84 bits per heavy atom. The highest BCUT2D eigenvalue weighted by Gasteiger charge is 2.29. The van der Waals surface area contributed by atoms with Crippen molar-refractivity contribution in [1.82, 2.24) is 29.3 Å². The van der Waals surface area contributed by atoms with Crippen LogP contribution in [0, 0.1) is 0 Å². The number of nitrogens with zero attached hydrogens (tertiary/aromatic N) is 6. The summed E-state index contributed by atoms with van der Waals surface area (Å²) in [6.45, 7) is 0.205. The summed E-state index contributed by atoms with van der Waals surface area (Å²) in [5.74, 6) is 1.16. The Hall–Kier alpha value is -4.33. The molecule has 0 radical (unpaired) electrons. The van der Waals surface area contributed by atoms with Crippen LogP contribution in [0.5, 0.6) is 17.4 Å². The number of halogens is 3. The predicted octanol–water partition coefficient (Wildman–Crippen LogP) is 3.82. The van der Waals surface area contributed by atoms with E-state index < -0.39 is 18.9 Å². The van der Waals surface area contributed by atoms with Gasteiger partial charge in [-0.2, -0.15) is 18.3 Å². The Labute approximate surface area is 215 Å². The zero-order valence-electron chi connectivity index (χ0n) is 20.8. The number of aromatic hydroxyl groups is 1. The van der Waals surface area contributed by atoms with Gasteiger partial charge in [-0.05, 0) is 13.0 Å². The fraction of sp³-hybridized carbons (Fsp3) is 0.333. The third-order valence-corrected chi connectivity index (χ3v) is 5.39. The number of pyridine rings is 1. The van der Waals surface area contributed by atoms with Gasteiger partial charge in [0.1, 0.15) is 28.7 Å². The maximum absolute atomic E-state index is 12.8. The maximum Gasteiger partial charge on any atom is 0.422 e. The topological polar surface area (TPSA) is 132 Å². The first-order chi connectivity index (χ1) is 18.0. The molecule has 14 heteroatoms. The summed E-state index contributed by atoms with van der Waals surface area (Å²) in [4.78, 5) is 13.0. The van der Waals surface area contributed by atoms with Crippen molar-refractivity contribution in [2.24, 2.45) is 14.1 Å². The van der Waals surface area contributed by atoms with Crippen LogP contribution in [0.4, 0.5) is 24.8 Å². The van der Waals surface area contributed by atoms with Gasteiger partial charge in [0.25, 0.3) is 0 Å². The van der Waals surface area contributed by atoms with E-state index in [4.69, 9.17) is 9.47 Å². The number of aliphatic hydroxyl groups is 1. The number of aromatic nitrogens is 6. The molecule has 202 valence electrons. The van der Waals surface area contributed by atoms with Crippen LogP contribution >= 0.6 is 0 Å². The lowest BCUT2D eigenvalue weighted by Crippen LogP contribution is -2.19. The fourth-order valence-electron chi connectivity index (χ4n) is 3.58. The lowest BCUT2D eigenvalue weighted by molar-refractivity contribution is -0.153. The summed E-state index contributed by atoms with van der Waals surface area (Å²) >= 11 is 0. The highest BCUT2D eigenvalue weighted by atomic mass is 19.4. The minimum Gasteiger partial charge on any atom is -0.493 e. The number of hydrogen-bond donors (Lipinski definition) is 3. The molecular formula is C24H26F3N7O4. The highest BCUT2D eigenvalue weighted by molar-refractivity contribution is 5.77. The van der Waals surface area contributed by atoms with Crippen LogP contribution in [-0.4, -0.2) is 65.0 Å². The van der Waals surface area contributed by atoms with Gasteiger partial charge in [0, 0.05) is 69.1 Å². The molecule has 0 aliphatic heterocycles. The molecule has 1 atom stereocenters. The number of aryl methyl sites for hydroxylation is 2. The van der Waals surface area contributed by atoms with Crippen molar-refractivity contribution in [3.05, 3.63) is 43.1 Å². The highest BCUT2D eigenvalue weighted by Crippen LogP contribution is 2.39. The van der Waals surface area contributed by atoms with Crippen molar-refractivity contribution < 1.29 is 32.9 Å². The van der Waals surface area contributed by atoms with E-state index in [1.165, 1.54) is 29.5 Å². The summed E-state index contributed by atoms with van der Waals surface area (Å²) in [6.07, 6.45) is 2.86. The molecule has 0 saturated carbocycles. The van der Waals surface area contributed by atoms with Crippen LogP contribution in [0.15, 0.2) is 43.1 Å². The molecule has 4 aromatic heterocycles. The fourth-order valence-corrected chi connectivity index (χ4v) is 3.58. The van der Waals surface area contributed by atoms with Gasteiger partial charge in [-0.1, -0.05) is 0 Å². The van der Waals surface area contributed by atoms with Crippen LogP contribution < -0.4 is 14.8 Å². The van der Waals surface area contributed by atoms with E-state index in [0.717, 1.165) is 0 Å². The molecule has 0 bridgehead atoms. The smallest absolute Gasteiger partial charge is 0.422 e. The van der Waals surface area contributed by atoms with Crippen LogP contribution in [-0.2, 0) is 14.1 Å². The largest absolute Gasteiger partial charge is 0.493 e. The van der Waals surface area contributed by atoms with Gasteiger partial charge in [0.15, 0.2) is 12.4 Å². The van der Waals surface area contributed by atoms with E-state index in [-0.39, 0.29) is 24.1 Å². The SMILES string of the molecule is CC(CCO)Oc1cc(Nc2ccnc(-c3cnn(C)c3O)n2)ncc1-c1cn(C)cc1OCC(F)(F)F. The van der Waals surface area contributed by atoms with E-state index in [0.29, 0.717) is 40.5 Å². The summed E-state index contributed by atoms with van der Waals surface area (Å²) in [5, 5.41) is 26.5. The molecule has 0 aromatic carbocycles. The van der Waals surface area contributed by atoms with Crippen LogP contribution in [0.25, 0.3) is 22.5 Å². The Balaban J connectivity index is 1.67. The van der Waals surface area contributed by atoms with Crippen molar-refractivity contribution in [2.45, 2.75) is 25.6 Å². The molecule has 0 saturated heterocycles. The van der Waals surface area contributed by atoms with E-state index in [1.54, 1.807) is 43.9 Å². The van der Waals surface area contributed by atoms with Gasteiger partial charge in [0.05, 0.1) is 12.3 Å². The number of ether oxygens (including phenoxy) is 2. The Kier molecular flexibility index (Phi) is 7.71. The molecule has 11 nitrogen and oxygen atoms in total. The first kappa shape index (κ1) is 26.7.